The number of hydrogen-bond donors (Lipinski definition) is 1. The van der Waals surface area contributed by atoms with Crippen molar-refractivity contribution < 1.29 is 4.74 Å². The molecule has 1 atom stereocenters. The number of aromatic nitrogens is 3. The van der Waals surface area contributed by atoms with Crippen LogP contribution in [0.25, 0.3) is 11.3 Å². The van der Waals surface area contributed by atoms with Crippen molar-refractivity contribution in [1.82, 2.24) is 19.9 Å². The molecule has 0 aliphatic carbocycles. The van der Waals surface area contributed by atoms with Crippen LogP contribution < -0.4 is 15.0 Å². The van der Waals surface area contributed by atoms with Gasteiger partial charge in [0.1, 0.15) is 23.7 Å². The number of para-hydroxylation sites is 1. The maximum atomic E-state index is 5.49. The van der Waals surface area contributed by atoms with Gasteiger partial charge in [0.25, 0.3) is 0 Å². The first-order valence-corrected chi connectivity index (χ1v) is 10.7. The number of ether oxygens (including phenoxy) is 1. The Labute approximate surface area is 184 Å². The largest absolute Gasteiger partial charge is 0.496 e. The molecule has 1 saturated heterocycles. The van der Waals surface area contributed by atoms with Crippen LogP contribution in [-0.2, 0) is 0 Å². The van der Waals surface area contributed by atoms with Crippen molar-refractivity contribution in [1.29, 1.82) is 0 Å². The monoisotopic (exact) mass is 418 g/mol. The molecule has 1 aromatic carbocycles. The number of anilines is 2. The SMILES string of the molecule is COc1ccccc1[C@H](C)CNc1cc(-c2ccc(N3CCN(C)CC3)nc2)ncn1. The van der Waals surface area contributed by atoms with Crippen molar-refractivity contribution in [3.05, 3.63) is 60.6 Å². The smallest absolute Gasteiger partial charge is 0.129 e. The molecule has 0 saturated carbocycles. The van der Waals surface area contributed by atoms with E-state index in [-0.39, 0.29) is 5.92 Å². The number of likely N-dealkylation sites (N-methyl/N-ethyl adjacent to an activating group) is 1. The molecular formula is C24H30N6O. The number of nitrogens with one attached hydrogen (secondary N) is 1. The molecule has 31 heavy (non-hydrogen) atoms. The molecule has 1 aliphatic rings. The van der Waals surface area contributed by atoms with Crippen molar-refractivity contribution in [2.45, 2.75) is 12.8 Å². The predicted octanol–water partition coefficient (Wildman–Crippen LogP) is 3.51. The molecule has 3 heterocycles. The highest BCUT2D eigenvalue weighted by Gasteiger charge is 2.15. The number of methoxy groups -OCH3 is 1. The van der Waals surface area contributed by atoms with Gasteiger partial charge in [0, 0.05) is 56.5 Å². The van der Waals surface area contributed by atoms with E-state index in [0.29, 0.717) is 0 Å². The van der Waals surface area contributed by atoms with E-state index >= 15 is 0 Å². The molecule has 0 amide bonds. The maximum Gasteiger partial charge on any atom is 0.129 e. The topological polar surface area (TPSA) is 66.4 Å². The summed E-state index contributed by atoms with van der Waals surface area (Å²) in [5, 5.41) is 3.43. The Bertz CT molecular complexity index is 985. The third-order valence-electron chi connectivity index (χ3n) is 5.80. The van der Waals surface area contributed by atoms with Gasteiger partial charge in [0.05, 0.1) is 12.8 Å². The molecule has 162 valence electrons. The average molecular weight is 419 g/mol. The van der Waals surface area contributed by atoms with E-state index in [2.05, 4.69) is 62.2 Å². The standard InChI is InChI=1S/C24H30N6O/c1-18(20-6-4-5-7-22(20)31-3)15-25-23-14-21(27-17-28-23)19-8-9-24(26-16-19)30-12-10-29(2)11-13-30/h4-9,14,16-18H,10-13,15H2,1-3H3,(H,25,27,28)/t18-/m1/s1. The zero-order valence-electron chi connectivity index (χ0n) is 18.5. The van der Waals surface area contributed by atoms with E-state index in [1.807, 2.05) is 30.5 Å². The summed E-state index contributed by atoms with van der Waals surface area (Å²) in [7, 11) is 3.87. The summed E-state index contributed by atoms with van der Waals surface area (Å²) < 4.78 is 5.49. The first-order valence-electron chi connectivity index (χ1n) is 10.7. The van der Waals surface area contributed by atoms with Gasteiger partial charge >= 0.3 is 0 Å². The zero-order chi connectivity index (χ0) is 21.6. The summed E-state index contributed by atoms with van der Waals surface area (Å²) in [4.78, 5) is 18.2. The Balaban J connectivity index is 1.41. The lowest BCUT2D eigenvalue weighted by molar-refractivity contribution is 0.312. The summed E-state index contributed by atoms with van der Waals surface area (Å²) in [6.45, 7) is 7.07. The number of piperazine rings is 1. The normalized spacial score (nSPS) is 15.5. The molecule has 0 bridgehead atoms. The van der Waals surface area contributed by atoms with Crippen molar-refractivity contribution in [3.8, 4) is 17.0 Å². The maximum absolute atomic E-state index is 5.49. The minimum absolute atomic E-state index is 0.277. The first kappa shape index (κ1) is 21.1. The van der Waals surface area contributed by atoms with Gasteiger partial charge < -0.3 is 19.9 Å². The first-order chi connectivity index (χ1) is 15.1. The van der Waals surface area contributed by atoms with Crippen LogP contribution in [0.5, 0.6) is 5.75 Å². The van der Waals surface area contributed by atoms with Crippen molar-refractivity contribution >= 4 is 11.6 Å². The lowest BCUT2D eigenvalue weighted by Gasteiger charge is -2.33. The van der Waals surface area contributed by atoms with E-state index in [1.165, 1.54) is 5.56 Å². The fourth-order valence-electron chi connectivity index (χ4n) is 3.81. The number of pyridine rings is 1. The number of nitrogens with zero attached hydrogens (tertiary/aromatic N) is 5. The summed E-state index contributed by atoms with van der Waals surface area (Å²) in [6, 6.07) is 14.3. The van der Waals surface area contributed by atoms with Gasteiger partial charge in [0.15, 0.2) is 0 Å². The molecule has 0 unspecified atom stereocenters. The molecule has 1 N–H and O–H groups in total. The Kier molecular flexibility index (Phi) is 6.62. The predicted molar refractivity (Wildman–Crippen MR) is 125 cm³/mol. The fraction of sp³-hybridized carbons (Fsp3) is 0.375. The summed E-state index contributed by atoms with van der Waals surface area (Å²) in [6.07, 6.45) is 3.50. The number of rotatable bonds is 7. The highest BCUT2D eigenvalue weighted by atomic mass is 16.5. The van der Waals surface area contributed by atoms with Crippen molar-refractivity contribution in [2.75, 3.05) is 57.1 Å². The van der Waals surface area contributed by atoms with E-state index in [4.69, 9.17) is 4.74 Å². The second-order valence-corrected chi connectivity index (χ2v) is 8.01. The molecule has 7 nitrogen and oxygen atoms in total. The van der Waals surface area contributed by atoms with Crippen molar-refractivity contribution in [3.63, 3.8) is 0 Å². The van der Waals surface area contributed by atoms with Crippen molar-refractivity contribution in [2.24, 2.45) is 0 Å². The average Bonchev–Trinajstić information content (AvgIpc) is 2.83. The van der Waals surface area contributed by atoms with Gasteiger partial charge in [-0.2, -0.15) is 0 Å². The van der Waals surface area contributed by atoms with Gasteiger partial charge in [-0.15, -0.1) is 0 Å². The minimum Gasteiger partial charge on any atom is -0.496 e. The molecule has 0 radical (unpaired) electrons. The molecule has 2 aromatic heterocycles. The van der Waals surface area contributed by atoms with E-state index < -0.39 is 0 Å². The molecule has 1 fully saturated rings. The van der Waals surface area contributed by atoms with Crippen LogP contribution in [0.4, 0.5) is 11.6 Å². The highest BCUT2D eigenvalue weighted by molar-refractivity contribution is 5.62. The van der Waals surface area contributed by atoms with E-state index in [0.717, 1.165) is 61.4 Å². The lowest BCUT2D eigenvalue weighted by Crippen LogP contribution is -2.44. The highest BCUT2D eigenvalue weighted by Crippen LogP contribution is 2.27. The Morgan fingerprint density at radius 3 is 2.58 bits per heavy atom. The minimum atomic E-state index is 0.277. The molecule has 1 aliphatic heterocycles. The Hall–Kier alpha value is -3.19. The second-order valence-electron chi connectivity index (χ2n) is 8.01. The molecule has 0 spiro atoms. The zero-order valence-corrected chi connectivity index (χ0v) is 18.5. The van der Waals surface area contributed by atoms with Gasteiger partial charge in [-0.05, 0) is 30.8 Å². The van der Waals surface area contributed by atoms with Crippen LogP contribution in [0, 0.1) is 0 Å². The van der Waals surface area contributed by atoms with Crippen LogP contribution >= 0.6 is 0 Å². The molecule has 7 heteroatoms. The Morgan fingerprint density at radius 2 is 1.84 bits per heavy atom. The van der Waals surface area contributed by atoms with Crippen LogP contribution in [-0.4, -0.2) is 66.7 Å². The fourth-order valence-corrected chi connectivity index (χ4v) is 3.81. The molecule has 4 rings (SSSR count). The summed E-state index contributed by atoms with van der Waals surface area (Å²) >= 11 is 0. The second kappa shape index (κ2) is 9.75. The van der Waals surface area contributed by atoms with Gasteiger partial charge in [0.2, 0.25) is 0 Å². The van der Waals surface area contributed by atoms with Gasteiger partial charge in [-0.3, -0.25) is 0 Å². The van der Waals surface area contributed by atoms with Gasteiger partial charge in [-0.25, -0.2) is 15.0 Å². The van der Waals surface area contributed by atoms with E-state index in [9.17, 15) is 0 Å². The van der Waals surface area contributed by atoms with Crippen LogP contribution in [0.2, 0.25) is 0 Å². The lowest BCUT2D eigenvalue weighted by atomic mass is 10.00. The third kappa shape index (κ3) is 5.11. The molecule has 3 aromatic rings. The Morgan fingerprint density at radius 1 is 1.03 bits per heavy atom. The number of hydrogen-bond acceptors (Lipinski definition) is 7. The summed E-state index contributed by atoms with van der Waals surface area (Å²) in [5.41, 5.74) is 3.02. The number of benzene rings is 1. The quantitative estimate of drug-likeness (QED) is 0.630. The van der Waals surface area contributed by atoms with Crippen LogP contribution in [0.3, 0.4) is 0 Å². The van der Waals surface area contributed by atoms with Crippen LogP contribution in [0.1, 0.15) is 18.4 Å². The third-order valence-corrected chi connectivity index (χ3v) is 5.80. The van der Waals surface area contributed by atoms with E-state index in [1.54, 1.807) is 13.4 Å². The summed E-state index contributed by atoms with van der Waals surface area (Å²) in [5.74, 6) is 3.01. The van der Waals surface area contributed by atoms with Crippen LogP contribution in [0.15, 0.2) is 55.0 Å². The molecular weight excluding hydrogens is 388 g/mol. The van der Waals surface area contributed by atoms with Gasteiger partial charge in [-0.1, -0.05) is 25.1 Å².